The third-order valence-corrected chi connectivity index (χ3v) is 4.32. The van der Waals surface area contributed by atoms with Crippen LogP contribution in [0, 0.1) is 0 Å². The lowest BCUT2D eigenvalue weighted by atomic mass is 10.2. The third-order valence-electron chi connectivity index (χ3n) is 4.32. The number of amides is 2. The van der Waals surface area contributed by atoms with Crippen LogP contribution in [0.3, 0.4) is 0 Å². The molecule has 1 aromatic carbocycles. The zero-order chi connectivity index (χ0) is 18.1. The van der Waals surface area contributed by atoms with E-state index in [1.807, 2.05) is 24.3 Å². The van der Waals surface area contributed by atoms with Crippen molar-refractivity contribution in [3.05, 3.63) is 24.3 Å². The zero-order valence-electron chi connectivity index (χ0n) is 14.8. The molecule has 25 heavy (non-hydrogen) atoms. The van der Waals surface area contributed by atoms with E-state index in [4.69, 9.17) is 5.11 Å². The van der Waals surface area contributed by atoms with Gasteiger partial charge in [-0.2, -0.15) is 0 Å². The molecule has 0 unspecified atom stereocenters. The van der Waals surface area contributed by atoms with Crippen molar-refractivity contribution in [2.75, 3.05) is 56.6 Å². The number of nitrogens with one attached hydrogen (secondary N) is 2. The van der Waals surface area contributed by atoms with Gasteiger partial charge in [0.1, 0.15) is 0 Å². The number of anilines is 2. The molecule has 1 fully saturated rings. The predicted octanol–water partition coefficient (Wildman–Crippen LogP) is 0.656. The van der Waals surface area contributed by atoms with E-state index >= 15 is 0 Å². The highest BCUT2D eigenvalue weighted by Gasteiger charge is 2.15. The van der Waals surface area contributed by atoms with Gasteiger partial charge in [0.2, 0.25) is 0 Å². The Morgan fingerprint density at radius 2 is 1.68 bits per heavy atom. The highest BCUT2D eigenvalue weighted by molar-refractivity contribution is 6.39. The molecule has 1 saturated heterocycles. The first-order valence-electron chi connectivity index (χ1n) is 8.84. The van der Waals surface area contributed by atoms with Crippen LogP contribution in [0.15, 0.2) is 24.3 Å². The van der Waals surface area contributed by atoms with Gasteiger partial charge in [-0.1, -0.05) is 0 Å². The standard InChI is InChI=1S/C18H28N4O3/c1-21-10-12-22(13-11-21)16-7-5-15(6-8-16)20-18(25)17(24)19-9-3-2-4-14-23/h5-8,23H,2-4,9-14H2,1H3,(H,19,24)(H,20,25). The zero-order valence-corrected chi connectivity index (χ0v) is 14.8. The molecule has 138 valence electrons. The van der Waals surface area contributed by atoms with Crippen molar-refractivity contribution in [3.63, 3.8) is 0 Å². The fraction of sp³-hybridized carbons (Fsp3) is 0.556. The smallest absolute Gasteiger partial charge is 0.313 e. The molecule has 0 bridgehead atoms. The normalized spacial score (nSPS) is 15.0. The number of carbonyl (C=O) groups is 2. The number of unbranched alkanes of at least 4 members (excludes halogenated alkanes) is 2. The maximum Gasteiger partial charge on any atom is 0.313 e. The Morgan fingerprint density at radius 3 is 2.32 bits per heavy atom. The minimum atomic E-state index is -0.658. The SMILES string of the molecule is CN1CCN(c2ccc(NC(=O)C(=O)NCCCCCO)cc2)CC1. The van der Waals surface area contributed by atoms with Gasteiger partial charge in [0.25, 0.3) is 0 Å². The summed E-state index contributed by atoms with van der Waals surface area (Å²) in [6.07, 6.45) is 2.28. The molecule has 1 heterocycles. The first-order valence-corrected chi connectivity index (χ1v) is 8.84. The van der Waals surface area contributed by atoms with Gasteiger partial charge in [0.15, 0.2) is 0 Å². The third kappa shape index (κ3) is 6.36. The van der Waals surface area contributed by atoms with Crippen LogP contribution in [0.4, 0.5) is 11.4 Å². The van der Waals surface area contributed by atoms with Gasteiger partial charge in [-0.25, -0.2) is 0 Å². The Labute approximate surface area is 149 Å². The predicted molar refractivity (Wildman–Crippen MR) is 98.7 cm³/mol. The summed E-state index contributed by atoms with van der Waals surface area (Å²) in [6, 6.07) is 7.57. The average Bonchev–Trinajstić information content (AvgIpc) is 2.62. The van der Waals surface area contributed by atoms with E-state index in [9.17, 15) is 9.59 Å². The van der Waals surface area contributed by atoms with E-state index in [0.717, 1.165) is 44.7 Å². The summed E-state index contributed by atoms with van der Waals surface area (Å²) in [5, 5.41) is 13.9. The Hall–Kier alpha value is -2.12. The molecule has 3 N–H and O–H groups in total. The number of nitrogens with zero attached hydrogens (tertiary/aromatic N) is 2. The van der Waals surface area contributed by atoms with Crippen molar-refractivity contribution in [3.8, 4) is 0 Å². The molecule has 7 nitrogen and oxygen atoms in total. The molecule has 0 atom stereocenters. The van der Waals surface area contributed by atoms with Gasteiger partial charge in [-0.05, 0) is 50.6 Å². The number of aliphatic hydroxyl groups is 1. The number of carbonyl (C=O) groups excluding carboxylic acids is 2. The van der Waals surface area contributed by atoms with Crippen LogP contribution >= 0.6 is 0 Å². The fourth-order valence-electron chi connectivity index (χ4n) is 2.70. The number of benzene rings is 1. The monoisotopic (exact) mass is 348 g/mol. The molecule has 0 spiro atoms. The largest absolute Gasteiger partial charge is 0.396 e. The van der Waals surface area contributed by atoms with E-state index in [1.165, 1.54) is 0 Å². The van der Waals surface area contributed by atoms with Crippen LogP contribution in [0.1, 0.15) is 19.3 Å². The van der Waals surface area contributed by atoms with Gasteiger partial charge >= 0.3 is 11.8 Å². The average molecular weight is 348 g/mol. The van der Waals surface area contributed by atoms with Gasteiger partial charge in [-0.3, -0.25) is 9.59 Å². The number of rotatable bonds is 7. The van der Waals surface area contributed by atoms with Crippen LogP contribution in [-0.2, 0) is 9.59 Å². The van der Waals surface area contributed by atoms with Crippen LogP contribution in [-0.4, -0.2) is 68.2 Å². The second-order valence-corrected chi connectivity index (χ2v) is 6.33. The molecular weight excluding hydrogens is 320 g/mol. The molecule has 2 rings (SSSR count). The first kappa shape index (κ1) is 19.2. The molecule has 1 aliphatic heterocycles. The highest BCUT2D eigenvalue weighted by atomic mass is 16.3. The summed E-state index contributed by atoms with van der Waals surface area (Å²) in [6.45, 7) is 4.64. The van der Waals surface area contributed by atoms with Crippen LogP contribution < -0.4 is 15.5 Å². The summed E-state index contributed by atoms with van der Waals surface area (Å²) in [5.74, 6) is -1.29. The van der Waals surface area contributed by atoms with E-state index in [2.05, 4.69) is 27.5 Å². The second-order valence-electron chi connectivity index (χ2n) is 6.33. The Kier molecular flexibility index (Phi) is 7.69. The number of hydrogen-bond acceptors (Lipinski definition) is 5. The van der Waals surface area contributed by atoms with E-state index in [1.54, 1.807) is 0 Å². The molecule has 0 radical (unpaired) electrons. The van der Waals surface area contributed by atoms with Crippen molar-refractivity contribution < 1.29 is 14.7 Å². The fourth-order valence-corrected chi connectivity index (χ4v) is 2.70. The van der Waals surface area contributed by atoms with E-state index in [0.29, 0.717) is 18.7 Å². The van der Waals surface area contributed by atoms with Crippen LogP contribution in [0.25, 0.3) is 0 Å². The van der Waals surface area contributed by atoms with Crippen LogP contribution in [0.2, 0.25) is 0 Å². The number of likely N-dealkylation sites (N-methyl/N-ethyl adjacent to an activating group) is 1. The number of hydrogen-bond donors (Lipinski definition) is 3. The van der Waals surface area contributed by atoms with Crippen molar-refractivity contribution in [2.45, 2.75) is 19.3 Å². The van der Waals surface area contributed by atoms with E-state index in [-0.39, 0.29) is 6.61 Å². The van der Waals surface area contributed by atoms with Crippen molar-refractivity contribution in [2.24, 2.45) is 0 Å². The quantitative estimate of drug-likeness (QED) is 0.498. The molecule has 7 heteroatoms. The lowest BCUT2D eigenvalue weighted by Crippen LogP contribution is -2.44. The summed E-state index contributed by atoms with van der Waals surface area (Å²) < 4.78 is 0. The lowest BCUT2D eigenvalue weighted by molar-refractivity contribution is -0.136. The number of piperazine rings is 1. The van der Waals surface area contributed by atoms with Crippen molar-refractivity contribution >= 4 is 23.2 Å². The topological polar surface area (TPSA) is 84.9 Å². The van der Waals surface area contributed by atoms with Crippen molar-refractivity contribution in [1.82, 2.24) is 10.2 Å². The first-order chi connectivity index (χ1) is 12.1. The summed E-state index contributed by atoms with van der Waals surface area (Å²) in [7, 11) is 2.12. The summed E-state index contributed by atoms with van der Waals surface area (Å²) >= 11 is 0. The maximum atomic E-state index is 11.9. The maximum absolute atomic E-state index is 11.9. The van der Waals surface area contributed by atoms with Gasteiger partial charge in [0.05, 0.1) is 0 Å². The van der Waals surface area contributed by atoms with Gasteiger partial charge in [0, 0.05) is 50.7 Å². The van der Waals surface area contributed by atoms with Gasteiger partial charge in [-0.15, -0.1) is 0 Å². The molecular formula is C18H28N4O3. The van der Waals surface area contributed by atoms with Crippen molar-refractivity contribution in [1.29, 1.82) is 0 Å². The summed E-state index contributed by atoms with van der Waals surface area (Å²) in [5.41, 5.74) is 1.73. The Bertz CT molecular complexity index is 554. The molecule has 0 saturated carbocycles. The molecule has 1 aromatic rings. The Balaban J connectivity index is 1.76. The summed E-state index contributed by atoms with van der Waals surface area (Å²) in [4.78, 5) is 28.2. The molecule has 0 aliphatic carbocycles. The highest BCUT2D eigenvalue weighted by Crippen LogP contribution is 2.19. The second kappa shape index (κ2) is 10.0. The number of aliphatic hydroxyl groups excluding tert-OH is 1. The minimum absolute atomic E-state index is 0.151. The minimum Gasteiger partial charge on any atom is -0.396 e. The molecule has 0 aromatic heterocycles. The van der Waals surface area contributed by atoms with Gasteiger partial charge < -0.3 is 25.5 Å². The van der Waals surface area contributed by atoms with E-state index < -0.39 is 11.8 Å². The lowest BCUT2D eigenvalue weighted by Gasteiger charge is -2.34. The van der Waals surface area contributed by atoms with Crippen LogP contribution in [0.5, 0.6) is 0 Å². The molecule has 1 aliphatic rings. The molecule has 2 amide bonds. The Morgan fingerprint density at radius 1 is 1.00 bits per heavy atom.